The van der Waals surface area contributed by atoms with E-state index in [1.807, 2.05) is 13.0 Å². The second-order valence-electron chi connectivity index (χ2n) is 9.51. The first-order chi connectivity index (χ1) is 19.7. The lowest BCUT2D eigenvalue weighted by Crippen LogP contribution is -2.30. The largest absolute Gasteiger partial charge is 0.369 e. The van der Waals surface area contributed by atoms with Crippen molar-refractivity contribution in [3.05, 3.63) is 88.0 Å². The first-order valence-electron chi connectivity index (χ1n) is 12.8. The molecule has 0 fully saturated rings. The number of hydrogen-bond acceptors (Lipinski definition) is 8. The van der Waals surface area contributed by atoms with Crippen LogP contribution in [0.15, 0.2) is 53.8 Å². The molecule has 0 spiro atoms. The van der Waals surface area contributed by atoms with Crippen molar-refractivity contribution in [1.29, 1.82) is 5.26 Å². The quantitative estimate of drug-likeness (QED) is 0.0875. The number of benzene rings is 2. The Morgan fingerprint density at radius 1 is 1.20 bits per heavy atom. The van der Waals surface area contributed by atoms with E-state index >= 15 is 0 Å². The Labute approximate surface area is 234 Å². The maximum absolute atomic E-state index is 13.4. The van der Waals surface area contributed by atoms with Crippen LogP contribution in [0.1, 0.15) is 73.0 Å². The summed E-state index contributed by atoms with van der Waals surface area (Å²) in [6.45, 7) is 3.62. The number of guanidine groups is 1. The van der Waals surface area contributed by atoms with Gasteiger partial charge in [-0.25, -0.2) is 9.98 Å². The molecule has 1 aliphatic carbocycles. The smallest absolute Gasteiger partial charge is 0.270 e. The van der Waals surface area contributed by atoms with Crippen molar-refractivity contribution in [1.82, 2.24) is 35.5 Å². The number of nitrogens with zero attached hydrogens (tertiary/aromatic N) is 6. The van der Waals surface area contributed by atoms with E-state index in [4.69, 9.17) is 11.0 Å². The van der Waals surface area contributed by atoms with Crippen LogP contribution in [-0.2, 0) is 13.0 Å². The topological polar surface area (TPSA) is 193 Å². The third-order valence-electron chi connectivity index (χ3n) is 6.89. The standard InChI is InChI=1S/C28H26N10O3/c1-15-19(16(2)39)6-7-21-20(15)8-9-22(21)36-26(41)24-11-23(37-28-33-14-34-38(24)28)25(40)31-12-17-4-3-5-18(10-17)35-27(30)32-13-29/h3-7,10-11,14,22H,8-9,12H2,1-2H3,(H,31,40)(H,36,41)(H3,30,32,35)/t22-/m0/s1. The SMILES string of the molecule is CC(=O)c1ccc2c(c1C)CC[C@@H]2NC(=O)c1cc(C(=O)NCc2cccc(N=C(N)NC#N)c2)nc2ncnn12. The number of rotatable bonds is 7. The lowest BCUT2D eigenvalue weighted by molar-refractivity contribution is 0.0927. The molecule has 41 heavy (non-hydrogen) atoms. The van der Waals surface area contributed by atoms with E-state index in [-0.39, 0.29) is 41.5 Å². The highest BCUT2D eigenvalue weighted by molar-refractivity contribution is 5.98. The highest BCUT2D eigenvalue weighted by atomic mass is 16.2. The van der Waals surface area contributed by atoms with Gasteiger partial charge in [0.25, 0.3) is 17.6 Å². The minimum absolute atomic E-state index is 0.000978. The van der Waals surface area contributed by atoms with E-state index in [1.165, 1.54) is 16.9 Å². The number of aromatic nitrogens is 4. The predicted molar refractivity (Wildman–Crippen MR) is 148 cm³/mol. The average molecular weight is 551 g/mol. The Morgan fingerprint density at radius 2 is 2.02 bits per heavy atom. The zero-order valence-electron chi connectivity index (χ0n) is 22.3. The molecule has 0 aliphatic heterocycles. The molecule has 5 rings (SSSR count). The molecular formula is C28H26N10O3. The molecule has 13 heteroatoms. The van der Waals surface area contributed by atoms with Crippen LogP contribution in [0.4, 0.5) is 5.69 Å². The van der Waals surface area contributed by atoms with Crippen molar-refractivity contribution in [2.24, 2.45) is 10.7 Å². The van der Waals surface area contributed by atoms with E-state index < -0.39 is 11.8 Å². The molecule has 0 radical (unpaired) electrons. The van der Waals surface area contributed by atoms with Crippen molar-refractivity contribution in [3.8, 4) is 6.19 Å². The zero-order valence-corrected chi connectivity index (χ0v) is 22.3. The second kappa shape index (κ2) is 11.2. The third-order valence-corrected chi connectivity index (χ3v) is 6.89. The van der Waals surface area contributed by atoms with Gasteiger partial charge >= 0.3 is 0 Å². The number of aliphatic imine (C=N–C) groups is 1. The normalized spacial score (nSPS) is 14.3. The number of amides is 2. The molecule has 4 aromatic rings. The number of fused-ring (bicyclic) bond motifs is 2. The monoisotopic (exact) mass is 550 g/mol. The summed E-state index contributed by atoms with van der Waals surface area (Å²) in [4.78, 5) is 50.9. The van der Waals surface area contributed by atoms with Crippen LogP contribution in [0.25, 0.3) is 5.78 Å². The van der Waals surface area contributed by atoms with Crippen LogP contribution < -0.4 is 21.7 Å². The van der Waals surface area contributed by atoms with E-state index in [9.17, 15) is 14.4 Å². The van der Waals surface area contributed by atoms with Crippen LogP contribution in [0.5, 0.6) is 0 Å². The minimum Gasteiger partial charge on any atom is -0.369 e. The van der Waals surface area contributed by atoms with Gasteiger partial charge in [-0.1, -0.05) is 24.3 Å². The molecule has 2 aromatic heterocycles. The third kappa shape index (κ3) is 5.57. The molecule has 1 aliphatic rings. The first kappa shape index (κ1) is 26.9. The van der Waals surface area contributed by atoms with Gasteiger partial charge < -0.3 is 16.4 Å². The highest BCUT2D eigenvalue weighted by Gasteiger charge is 2.28. The Kier molecular flexibility index (Phi) is 7.38. The Balaban J connectivity index is 1.34. The summed E-state index contributed by atoms with van der Waals surface area (Å²) >= 11 is 0. The molecule has 0 saturated carbocycles. The molecule has 2 aromatic carbocycles. The number of carbonyl (C=O) groups is 3. The van der Waals surface area contributed by atoms with E-state index in [0.29, 0.717) is 17.7 Å². The Bertz CT molecular complexity index is 1770. The number of nitriles is 1. The predicted octanol–water partition coefficient (Wildman–Crippen LogP) is 2.00. The number of nitrogens with one attached hydrogen (secondary N) is 3. The van der Waals surface area contributed by atoms with Gasteiger partial charge in [-0.15, -0.1) is 0 Å². The number of carbonyl (C=O) groups excluding carboxylic acids is 3. The van der Waals surface area contributed by atoms with Gasteiger partial charge in [-0.3, -0.25) is 19.7 Å². The van der Waals surface area contributed by atoms with E-state index in [0.717, 1.165) is 28.7 Å². The molecule has 1 atom stereocenters. The lowest BCUT2D eigenvalue weighted by atomic mass is 9.96. The van der Waals surface area contributed by atoms with Crippen LogP contribution in [0, 0.1) is 18.4 Å². The van der Waals surface area contributed by atoms with Crippen molar-refractivity contribution in [2.75, 3.05) is 0 Å². The number of hydrogen-bond donors (Lipinski definition) is 4. The van der Waals surface area contributed by atoms with Gasteiger partial charge in [-0.2, -0.15) is 19.9 Å². The maximum atomic E-state index is 13.4. The molecular weight excluding hydrogens is 524 g/mol. The molecule has 13 nitrogen and oxygen atoms in total. The summed E-state index contributed by atoms with van der Waals surface area (Å²) in [7, 11) is 0. The van der Waals surface area contributed by atoms with E-state index in [2.05, 4.69) is 36.0 Å². The second-order valence-corrected chi connectivity index (χ2v) is 9.51. The van der Waals surface area contributed by atoms with Gasteiger partial charge in [0.15, 0.2) is 12.0 Å². The summed E-state index contributed by atoms with van der Waals surface area (Å²) < 4.78 is 1.28. The lowest BCUT2D eigenvalue weighted by Gasteiger charge is -2.16. The molecule has 0 saturated heterocycles. The Hall–Kier alpha value is -5.64. The summed E-state index contributed by atoms with van der Waals surface area (Å²) in [5, 5.41) is 20.8. The molecule has 5 N–H and O–H groups in total. The molecule has 206 valence electrons. The summed E-state index contributed by atoms with van der Waals surface area (Å²) in [5.74, 6) is -0.886. The van der Waals surface area contributed by atoms with Gasteiger partial charge in [-0.05, 0) is 61.1 Å². The molecule has 0 unspecified atom stereocenters. The van der Waals surface area contributed by atoms with E-state index in [1.54, 1.807) is 43.4 Å². The number of Topliss-reactive ketones (excluding diaryl/α,β-unsaturated/α-hetero) is 1. The fourth-order valence-electron chi connectivity index (χ4n) is 4.97. The van der Waals surface area contributed by atoms with Gasteiger partial charge in [0.05, 0.1) is 11.7 Å². The molecule has 0 bridgehead atoms. The fraction of sp³-hybridized carbons (Fsp3) is 0.214. The fourth-order valence-corrected chi connectivity index (χ4v) is 4.97. The molecule has 2 heterocycles. The number of nitrogens with two attached hydrogens (primary N) is 1. The van der Waals surface area contributed by atoms with Crippen LogP contribution >= 0.6 is 0 Å². The summed E-state index contributed by atoms with van der Waals surface area (Å²) in [5.41, 5.74) is 10.6. The first-order valence-corrected chi connectivity index (χ1v) is 12.8. The summed E-state index contributed by atoms with van der Waals surface area (Å²) in [6.07, 6.45) is 4.38. The average Bonchev–Trinajstić information content (AvgIpc) is 3.59. The van der Waals surface area contributed by atoms with Gasteiger partial charge in [0.2, 0.25) is 5.96 Å². The highest BCUT2D eigenvalue weighted by Crippen LogP contribution is 2.35. The van der Waals surface area contributed by atoms with Gasteiger partial charge in [0, 0.05) is 18.2 Å². The number of ketones is 1. The van der Waals surface area contributed by atoms with Crippen LogP contribution in [-0.4, -0.2) is 43.1 Å². The van der Waals surface area contributed by atoms with Crippen molar-refractivity contribution < 1.29 is 14.4 Å². The van der Waals surface area contributed by atoms with Crippen molar-refractivity contribution in [2.45, 2.75) is 39.3 Å². The van der Waals surface area contributed by atoms with Crippen molar-refractivity contribution >= 4 is 35.0 Å². The Morgan fingerprint density at radius 3 is 2.80 bits per heavy atom. The van der Waals surface area contributed by atoms with Crippen LogP contribution in [0.2, 0.25) is 0 Å². The van der Waals surface area contributed by atoms with Crippen LogP contribution in [0.3, 0.4) is 0 Å². The van der Waals surface area contributed by atoms with Crippen molar-refractivity contribution in [3.63, 3.8) is 0 Å². The minimum atomic E-state index is -0.511. The zero-order chi connectivity index (χ0) is 29.1. The molecule has 2 amide bonds. The summed E-state index contributed by atoms with van der Waals surface area (Å²) in [6, 6.07) is 11.8. The van der Waals surface area contributed by atoms with Gasteiger partial charge in [0.1, 0.15) is 17.7 Å². The maximum Gasteiger partial charge on any atom is 0.270 e.